The molecular formula is C29H37N5O12. The molecule has 3 heterocycles. The van der Waals surface area contributed by atoms with Gasteiger partial charge in [-0.05, 0) is 18.6 Å². The maximum atomic E-state index is 13.2. The van der Waals surface area contributed by atoms with Gasteiger partial charge < -0.3 is 33.5 Å². The van der Waals surface area contributed by atoms with Gasteiger partial charge in [-0.1, -0.05) is 11.3 Å². The summed E-state index contributed by atoms with van der Waals surface area (Å²) >= 11 is 0. The highest BCUT2D eigenvalue weighted by atomic mass is 16.6. The quantitative estimate of drug-likeness (QED) is 0.126. The molecule has 0 saturated carbocycles. The van der Waals surface area contributed by atoms with Crippen molar-refractivity contribution >= 4 is 29.6 Å². The fraction of sp³-hybridized carbons (Fsp3) is 0.552. The Morgan fingerprint density at radius 2 is 1.50 bits per heavy atom. The van der Waals surface area contributed by atoms with E-state index < -0.39 is 35.6 Å². The molecule has 1 aromatic heterocycles. The van der Waals surface area contributed by atoms with E-state index in [4.69, 9.17) is 33.5 Å². The summed E-state index contributed by atoms with van der Waals surface area (Å²) in [6, 6.07) is 3.58. The van der Waals surface area contributed by atoms with Crippen LogP contribution in [0.4, 0.5) is 0 Å². The Balaban J connectivity index is 1.06. The number of carbonyl (C=O) groups excluding carboxylic acids is 4. The van der Waals surface area contributed by atoms with Crippen molar-refractivity contribution in [3.8, 4) is 5.75 Å². The van der Waals surface area contributed by atoms with Crippen LogP contribution >= 0.6 is 0 Å². The summed E-state index contributed by atoms with van der Waals surface area (Å²) < 4.78 is 34.3. The molecule has 46 heavy (non-hydrogen) atoms. The average Bonchev–Trinajstić information content (AvgIpc) is 3.59. The second-order valence-corrected chi connectivity index (χ2v) is 10.1. The third kappa shape index (κ3) is 10.1. The van der Waals surface area contributed by atoms with E-state index >= 15 is 0 Å². The number of aromatic nitrogens is 3. The first kappa shape index (κ1) is 34.6. The zero-order valence-electron chi connectivity index (χ0n) is 25.2. The van der Waals surface area contributed by atoms with Crippen LogP contribution in [-0.2, 0) is 51.2 Å². The van der Waals surface area contributed by atoms with E-state index in [1.54, 1.807) is 23.0 Å². The fourth-order valence-corrected chi connectivity index (χ4v) is 4.57. The molecule has 1 saturated heterocycles. The number of hydrogen-bond donors (Lipinski definition) is 2. The van der Waals surface area contributed by atoms with Gasteiger partial charge in [-0.3, -0.25) is 34.2 Å². The van der Waals surface area contributed by atoms with E-state index in [-0.39, 0.29) is 49.4 Å². The van der Waals surface area contributed by atoms with Crippen LogP contribution in [0.2, 0.25) is 0 Å². The number of benzene rings is 1. The summed E-state index contributed by atoms with van der Waals surface area (Å²) in [7, 11) is 0. The van der Waals surface area contributed by atoms with Crippen molar-refractivity contribution in [2.75, 3.05) is 66.1 Å². The van der Waals surface area contributed by atoms with Crippen LogP contribution in [-0.4, -0.2) is 127 Å². The number of aliphatic carboxylic acids is 1. The monoisotopic (exact) mass is 647 g/mol. The van der Waals surface area contributed by atoms with Crippen LogP contribution in [0.3, 0.4) is 0 Å². The second kappa shape index (κ2) is 18.0. The van der Waals surface area contributed by atoms with Gasteiger partial charge in [0.15, 0.2) is 0 Å². The lowest BCUT2D eigenvalue weighted by Gasteiger charge is -2.27. The fourth-order valence-electron chi connectivity index (χ4n) is 4.57. The van der Waals surface area contributed by atoms with Crippen molar-refractivity contribution in [1.29, 1.82) is 0 Å². The molecule has 2 aromatic rings. The summed E-state index contributed by atoms with van der Waals surface area (Å²) in [5.74, 6) is -3.09. The number of ether oxygens (including phenoxy) is 6. The van der Waals surface area contributed by atoms with Gasteiger partial charge in [0, 0.05) is 6.42 Å². The zero-order valence-corrected chi connectivity index (χ0v) is 25.2. The highest BCUT2D eigenvalue weighted by molar-refractivity contribution is 6.24. The normalized spacial score (nSPS) is 16.2. The molecule has 1 unspecified atom stereocenters. The first-order chi connectivity index (χ1) is 22.3. The molecule has 0 radical (unpaired) electrons. The number of carboxylic acid groups (broad SMARTS) is 1. The number of carbonyl (C=O) groups is 5. The van der Waals surface area contributed by atoms with Gasteiger partial charge in [0.1, 0.15) is 24.1 Å². The topological polar surface area (TPSA) is 207 Å². The van der Waals surface area contributed by atoms with Crippen molar-refractivity contribution < 1.29 is 57.5 Å². The van der Waals surface area contributed by atoms with Gasteiger partial charge in [-0.25, -0.2) is 4.68 Å². The Morgan fingerprint density at radius 3 is 2.13 bits per heavy atom. The Bertz CT molecular complexity index is 1370. The highest BCUT2D eigenvalue weighted by Gasteiger charge is 2.46. The SMILES string of the molecule is O=C(O)CCOCCOCCOCCOCCOCCn1cc(COc2cccc3c2C(=O)N(C2CCC(=O)NC2=O)C3=O)nn1. The number of rotatable bonds is 22. The molecule has 1 aromatic carbocycles. The number of hydrogen-bond acceptors (Lipinski definition) is 13. The number of piperidine rings is 1. The molecule has 0 aliphatic carbocycles. The lowest BCUT2D eigenvalue weighted by atomic mass is 10.0. The minimum atomic E-state index is -1.06. The molecular weight excluding hydrogens is 610 g/mol. The van der Waals surface area contributed by atoms with E-state index in [0.29, 0.717) is 71.7 Å². The summed E-state index contributed by atoms with van der Waals surface area (Å²) in [6.45, 7) is 4.10. The molecule has 2 N–H and O–H groups in total. The summed E-state index contributed by atoms with van der Waals surface area (Å²) in [6.07, 6.45) is 1.75. The van der Waals surface area contributed by atoms with Crippen molar-refractivity contribution in [1.82, 2.24) is 25.2 Å². The number of nitrogens with zero attached hydrogens (tertiary/aromatic N) is 4. The minimum absolute atomic E-state index is 0.0117. The molecule has 2 aliphatic heterocycles. The first-order valence-electron chi connectivity index (χ1n) is 14.8. The molecule has 4 amide bonds. The number of fused-ring (bicyclic) bond motifs is 1. The van der Waals surface area contributed by atoms with Crippen LogP contribution < -0.4 is 10.1 Å². The average molecular weight is 648 g/mol. The smallest absolute Gasteiger partial charge is 0.305 e. The van der Waals surface area contributed by atoms with Crippen LogP contribution in [0.15, 0.2) is 24.4 Å². The number of amides is 4. The Labute approximate surface area is 264 Å². The standard InChI is InChI=1S/C29H37N5O12/c35-24-5-4-22(27(38)30-24)34-28(39)21-2-1-3-23(26(21)29(34)40)46-19-20-18-33(32-31-20)7-9-42-11-13-44-15-17-45-16-14-43-12-10-41-8-6-25(36)37/h1-3,18,22H,4-17,19H2,(H,36,37)(H,30,35,38). The number of carboxylic acids is 1. The molecule has 1 fully saturated rings. The predicted octanol–water partition coefficient (Wildman–Crippen LogP) is -0.184. The Kier molecular flexibility index (Phi) is 13.5. The lowest BCUT2D eigenvalue weighted by molar-refractivity contribution is -0.138. The van der Waals surface area contributed by atoms with Crippen molar-refractivity contribution in [2.24, 2.45) is 0 Å². The molecule has 17 nitrogen and oxygen atoms in total. The van der Waals surface area contributed by atoms with Gasteiger partial charge in [-0.2, -0.15) is 0 Å². The molecule has 250 valence electrons. The molecule has 2 aliphatic rings. The van der Waals surface area contributed by atoms with E-state index in [9.17, 15) is 24.0 Å². The largest absolute Gasteiger partial charge is 0.486 e. The molecule has 0 spiro atoms. The van der Waals surface area contributed by atoms with E-state index in [0.717, 1.165) is 4.90 Å². The van der Waals surface area contributed by atoms with Crippen molar-refractivity contribution in [2.45, 2.75) is 38.5 Å². The first-order valence-corrected chi connectivity index (χ1v) is 14.8. The minimum Gasteiger partial charge on any atom is -0.486 e. The van der Waals surface area contributed by atoms with E-state index in [2.05, 4.69) is 15.6 Å². The summed E-state index contributed by atoms with van der Waals surface area (Å²) in [4.78, 5) is 61.2. The molecule has 1 atom stereocenters. The lowest BCUT2D eigenvalue weighted by Crippen LogP contribution is -2.54. The maximum absolute atomic E-state index is 13.2. The molecule has 4 rings (SSSR count). The molecule has 17 heteroatoms. The van der Waals surface area contributed by atoms with Gasteiger partial charge >= 0.3 is 5.97 Å². The third-order valence-electron chi connectivity index (χ3n) is 6.80. The van der Waals surface area contributed by atoms with Gasteiger partial charge in [0.25, 0.3) is 11.8 Å². The van der Waals surface area contributed by atoms with Crippen molar-refractivity contribution in [3.05, 3.63) is 41.2 Å². The van der Waals surface area contributed by atoms with Gasteiger partial charge in [0.05, 0.1) is 96.4 Å². The Hall–Kier alpha value is -4.29. The second-order valence-electron chi connectivity index (χ2n) is 10.1. The van der Waals surface area contributed by atoms with Crippen LogP contribution in [0.25, 0.3) is 0 Å². The highest BCUT2D eigenvalue weighted by Crippen LogP contribution is 2.33. The van der Waals surface area contributed by atoms with Crippen LogP contribution in [0, 0.1) is 0 Å². The third-order valence-corrected chi connectivity index (χ3v) is 6.80. The van der Waals surface area contributed by atoms with Crippen LogP contribution in [0.5, 0.6) is 5.75 Å². The maximum Gasteiger partial charge on any atom is 0.305 e. The van der Waals surface area contributed by atoms with Gasteiger partial charge in [-0.15, -0.1) is 5.10 Å². The van der Waals surface area contributed by atoms with Crippen LogP contribution in [0.1, 0.15) is 45.7 Å². The number of nitrogens with one attached hydrogen (secondary N) is 1. The summed E-state index contributed by atoms with van der Waals surface area (Å²) in [5.41, 5.74) is 0.688. The van der Waals surface area contributed by atoms with E-state index in [1.807, 2.05) is 0 Å². The van der Waals surface area contributed by atoms with Gasteiger partial charge in [0.2, 0.25) is 11.8 Å². The number of imide groups is 2. The Morgan fingerprint density at radius 1 is 0.870 bits per heavy atom. The predicted molar refractivity (Wildman–Crippen MR) is 154 cm³/mol. The van der Waals surface area contributed by atoms with Crippen molar-refractivity contribution in [3.63, 3.8) is 0 Å². The summed E-state index contributed by atoms with van der Waals surface area (Å²) in [5, 5.41) is 18.8. The molecule has 0 bridgehead atoms. The zero-order chi connectivity index (χ0) is 32.7. The van der Waals surface area contributed by atoms with E-state index in [1.165, 1.54) is 6.07 Å².